The van der Waals surface area contributed by atoms with Gasteiger partial charge in [0.1, 0.15) is 24.7 Å². The van der Waals surface area contributed by atoms with Gasteiger partial charge in [-0.2, -0.15) is 0 Å². The van der Waals surface area contributed by atoms with Crippen molar-refractivity contribution in [2.45, 2.75) is 19.4 Å². The van der Waals surface area contributed by atoms with Crippen LogP contribution in [0.5, 0.6) is 5.75 Å². The molecule has 182 valence electrons. The summed E-state index contributed by atoms with van der Waals surface area (Å²) in [5.74, 6) is -0.156. The predicted octanol–water partition coefficient (Wildman–Crippen LogP) is 5.42. The van der Waals surface area contributed by atoms with Gasteiger partial charge in [0.05, 0.1) is 6.04 Å². The predicted molar refractivity (Wildman–Crippen MR) is 136 cm³/mol. The van der Waals surface area contributed by atoms with Gasteiger partial charge in [-0.25, -0.2) is 9.18 Å². The standard InChI is InChI=1S/C27H28FN3O3S/c1-3-13-30(27(33)29-21-9-7-19(2)8-10-21)17-26(32)31-14-11-25-23(12-15-35-25)24(31)18-34-22-6-4-5-20(28)16-22/h3-10,12,15-16,24H,1,11,13-14,17-18H2,2H3,(H,29,33)/t24-/m1/s1. The molecule has 0 fully saturated rings. The molecule has 4 rings (SSSR count). The van der Waals surface area contributed by atoms with Gasteiger partial charge in [0, 0.05) is 29.7 Å². The van der Waals surface area contributed by atoms with Gasteiger partial charge in [0.2, 0.25) is 5.91 Å². The summed E-state index contributed by atoms with van der Waals surface area (Å²) in [6, 6.07) is 14.7. The lowest BCUT2D eigenvalue weighted by atomic mass is 10.0. The number of carbonyl (C=O) groups is 2. The highest BCUT2D eigenvalue weighted by molar-refractivity contribution is 7.10. The Labute approximate surface area is 208 Å². The van der Waals surface area contributed by atoms with Crippen molar-refractivity contribution in [2.75, 3.05) is 31.6 Å². The summed E-state index contributed by atoms with van der Waals surface area (Å²) >= 11 is 1.65. The fraction of sp³-hybridized carbons (Fsp3) is 0.259. The fourth-order valence-corrected chi connectivity index (χ4v) is 5.00. The number of anilines is 1. The molecule has 1 atom stereocenters. The Balaban J connectivity index is 1.48. The van der Waals surface area contributed by atoms with Gasteiger partial charge in [0.15, 0.2) is 0 Å². The molecule has 0 spiro atoms. The molecular formula is C27H28FN3O3S. The number of carbonyl (C=O) groups excluding carboxylic acids is 2. The lowest BCUT2D eigenvalue weighted by Gasteiger charge is -2.37. The topological polar surface area (TPSA) is 61.9 Å². The summed E-state index contributed by atoms with van der Waals surface area (Å²) < 4.78 is 19.5. The van der Waals surface area contributed by atoms with Crippen molar-refractivity contribution in [1.29, 1.82) is 0 Å². The molecule has 0 radical (unpaired) electrons. The number of thiophene rings is 1. The highest BCUT2D eigenvalue weighted by Gasteiger charge is 2.33. The smallest absolute Gasteiger partial charge is 0.322 e. The van der Waals surface area contributed by atoms with Crippen molar-refractivity contribution in [2.24, 2.45) is 0 Å². The van der Waals surface area contributed by atoms with Crippen molar-refractivity contribution >= 4 is 29.0 Å². The van der Waals surface area contributed by atoms with Gasteiger partial charge < -0.3 is 19.9 Å². The van der Waals surface area contributed by atoms with Crippen LogP contribution in [0.1, 0.15) is 22.0 Å². The van der Waals surface area contributed by atoms with E-state index in [2.05, 4.69) is 11.9 Å². The van der Waals surface area contributed by atoms with Gasteiger partial charge in [-0.1, -0.05) is 29.8 Å². The molecule has 0 aliphatic carbocycles. The van der Waals surface area contributed by atoms with Crippen LogP contribution in [0.4, 0.5) is 14.9 Å². The van der Waals surface area contributed by atoms with E-state index in [1.54, 1.807) is 34.4 Å². The van der Waals surface area contributed by atoms with E-state index in [9.17, 15) is 14.0 Å². The van der Waals surface area contributed by atoms with E-state index in [4.69, 9.17) is 4.74 Å². The molecule has 35 heavy (non-hydrogen) atoms. The number of nitrogens with one attached hydrogen (secondary N) is 1. The first-order valence-electron chi connectivity index (χ1n) is 11.4. The van der Waals surface area contributed by atoms with Gasteiger partial charge >= 0.3 is 6.03 Å². The molecule has 3 aromatic rings. The Morgan fingerprint density at radius 1 is 1.26 bits per heavy atom. The summed E-state index contributed by atoms with van der Waals surface area (Å²) in [5.41, 5.74) is 2.78. The number of nitrogens with zero attached hydrogens (tertiary/aromatic N) is 2. The molecule has 2 aromatic carbocycles. The molecule has 0 bridgehead atoms. The van der Waals surface area contributed by atoms with E-state index in [0.29, 0.717) is 18.0 Å². The minimum Gasteiger partial charge on any atom is -0.491 e. The van der Waals surface area contributed by atoms with Crippen LogP contribution in [0, 0.1) is 12.7 Å². The third kappa shape index (κ3) is 6.08. The van der Waals surface area contributed by atoms with Crippen LogP contribution < -0.4 is 10.1 Å². The second-order valence-electron chi connectivity index (χ2n) is 8.39. The first kappa shape index (κ1) is 24.5. The van der Waals surface area contributed by atoms with Crippen molar-refractivity contribution in [3.05, 3.63) is 94.5 Å². The zero-order chi connectivity index (χ0) is 24.8. The second-order valence-corrected chi connectivity index (χ2v) is 9.39. The largest absolute Gasteiger partial charge is 0.491 e. The van der Waals surface area contributed by atoms with Crippen LogP contribution in [0.2, 0.25) is 0 Å². The van der Waals surface area contributed by atoms with E-state index < -0.39 is 0 Å². The molecule has 0 unspecified atom stereocenters. The number of benzene rings is 2. The maximum atomic E-state index is 13.6. The number of hydrogen-bond donors (Lipinski definition) is 1. The Morgan fingerprint density at radius 3 is 2.80 bits per heavy atom. The molecule has 3 amide bonds. The van der Waals surface area contributed by atoms with E-state index in [0.717, 1.165) is 17.5 Å². The maximum absolute atomic E-state index is 13.6. The molecule has 2 heterocycles. The van der Waals surface area contributed by atoms with Crippen molar-refractivity contribution < 1.29 is 18.7 Å². The fourth-order valence-electron chi connectivity index (χ4n) is 4.08. The highest BCUT2D eigenvalue weighted by Crippen LogP contribution is 2.34. The van der Waals surface area contributed by atoms with Crippen molar-refractivity contribution in [1.82, 2.24) is 9.80 Å². The number of amides is 3. The molecule has 1 aromatic heterocycles. The van der Waals surface area contributed by atoms with Crippen LogP contribution in [-0.4, -0.2) is 48.0 Å². The number of aryl methyl sites for hydroxylation is 1. The third-order valence-corrected chi connectivity index (χ3v) is 6.88. The number of halogens is 1. The molecule has 1 aliphatic rings. The van der Waals surface area contributed by atoms with Crippen LogP contribution in [-0.2, 0) is 11.2 Å². The Morgan fingerprint density at radius 2 is 2.06 bits per heavy atom. The first-order valence-corrected chi connectivity index (χ1v) is 12.3. The van der Waals surface area contributed by atoms with Gasteiger partial charge in [0.25, 0.3) is 0 Å². The zero-order valence-corrected chi connectivity index (χ0v) is 20.4. The zero-order valence-electron chi connectivity index (χ0n) is 19.6. The molecule has 0 saturated carbocycles. The maximum Gasteiger partial charge on any atom is 0.322 e. The number of ether oxygens (including phenoxy) is 1. The Kier molecular flexibility index (Phi) is 7.82. The van der Waals surface area contributed by atoms with Crippen LogP contribution >= 0.6 is 11.3 Å². The van der Waals surface area contributed by atoms with Gasteiger partial charge in [-0.15, -0.1) is 17.9 Å². The summed E-state index contributed by atoms with van der Waals surface area (Å²) in [5, 5.41) is 4.85. The monoisotopic (exact) mass is 493 g/mol. The van der Waals surface area contributed by atoms with Crippen LogP contribution in [0.3, 0.4) is 0 Å². The molecule has 8 heteroatoms. The van der Waals surface area contributed by atoms with E-state index in [1.807, 2.05) is 42.6 Å². The average molecular weight is 494 g/mol. The summed E-state index contributed by atoms with van der Waals surface area (Å²) in [6.45, 7) is 6.55. The summed E-state index contributed by atoms with van der Waals surface area (Å²) in [6.07, 6.45) is 2.34. The van der Waals surface area contributed by atoms with Crippen molar-refractivity contribution in [3.63, 3.8) is 0 Å². The summed E-state index contributed by atoms with van der Waals surface area (Å²) in [7, 11) is 0. The molecule has 1 N–H and O–H groups in total. The Bertz CT molecular complexity index is 1190. The highest BCUT2D eigenvalue weighted by atomic mass is 32.1. The SMILES string of the molecule is C=CCN(CC(=O)N1CCc2sccc2[C@H]1COc1cccc(F)c1)C(=O)Nc1ccc(C)cc1. The number of hydrogen-bond acceptors (Lipinski definition) is 4. The molecule has 6 nitrogen and oxygen atoms in total. The lowest BCUT2D eigenvalue weighted by molar-refractivity contribution is -0.135. The average Bonchev–Trinajstić information content (AvgIpc) is 3.33. The van der Waals surface area contributed by atoms with Crippen molar-refractivity contribution in [3.8, 4) is 5.75 Å². The van der Waals surface area contributed by atoms with Crippen LogP contribution in [0.15, 0.2) is 72.6 Å². The normalized spacial score (nSPS) is 14.7. The van der Waals surface area contributed by atoms with Crippen LogP contribution in [0.25, 0.3) is 0 Å². The van der Waals surface area contributed by atoms with E-state index in [1.165, 1.54) is 21.9 Å². The minimum absolute atomic E-state index is 0.0976. The third-order valence-electron chi connectivity index (χ3n) is 5.88. The van der Waals surface area contributed by atoms with Gasteiger partial charge in [-0.3, -0.25) is 4.79 Å². The first-order chi connectivity index (χ1) is 16.9. The second kappa shape index (κ2) is 11.2. The summed E-state index contributed by atoms with van der Waals surface area (Å²) in [4.78, 5) is 30.8. The molecule has 1 aliphatic heterocycles. The molecule has 0 saturated heterocycles. The molecular weight excluding hydrogens is 465 g/mol. The minimum atomic E-state index is -0.380. The number of rotatable bonds is 8. The quantitative estimate of drug-likeness (QED) is 0.426. The number of urea groups is 1. The Hall–Kier alpha value is -3.65. The number of fused-ring (bicyclic) bond motifs is 1. The van der Waals surface area contributed by atoms with E-state index >= 15 is 0 Å². The lowest BCUT2D eigenvalue weighted by Crippen LogP contribution is -2.48. The van der Waals surface area contributed by atoms with Gasteiger partial charge in [-0.05, 0) is 54.6 Å². The van der Waals surface area contributed by atoms with E-state index in [-0.39, 0.29) is 43.5 Å².